The molecule has 0 atom stereocenters. The fraction of sp³-hybridized carbons (Fsp3) is 0. The minimum Gasteiger partial charge on any atom is -0.279 e. The Balaban J connectivity index is 2.00. The van der Waals surface area contributed by atoms with E-state index in [1.165, 1.54) is 12.1 Å². The number of hydrogen-bond donors (Lipinski definition) is 1. The van der Waals surface area contributed by atoms with Crippen LogP contribution in [-0.4, -0.2) is 6.21 Å². The predicted molar refractivity (Wildman–Crippen MR) is 69.1 cm³/mol. The predicted octanol–water partition coefficient (Wildman–Crippen LogP) is 3.93. The maximum absolute atomic E-state index is 12.6. The van der Waals surface area contributed by atoms with Crippen LogP contribution >= 0.6 is 11.6 Å². The van der Waals surface area contributed by atoms with E-state index < -0.39 is 0 Å². The van der Waals surface area contributed by atoms with Crippen LogP contribution in [0.4, 0.5) is 10.1 Å². The zero-order valence-electron chi connectivity index (χ0n) is 8.90. The standard InChI is InChI=1S/C13H10ClFN2/c14-11-3-1-2-10(8-11)9-16-17-13-6-4-12(15)5-7-13/h1-9,17H/b16-9-. The van der Waals surface area contributed by atoms with E-state index in [2.05, 4.69) is 10.5 Å². The Bertz CT molecular complexity index is 523. The van der Waals surface area contributed by atoms with Gasteiger partial charge in [0.15, 0.2) is 0 Å². The Morgan fingerprint density at radius 2 is 1.88 bits per heavy atom. The van der Waals surface area contributed by atoms with Crippen molar-refractivity contribution in [1.82, 2.24) is 0 Å². The lowest BCUT2D eigenvalue weighted by Crippen LogP contribution is -1.90. The molecule has 0 fully saturated rings. The van der Waals surface area contributed by atoms with Crippen LogP contribution in [0.1, 0.15) is 5.56 Å². The molecule has 0 radical (unpaired) electrons. The lowest BCUT2D eigenvalue weighted by atomic mass is 10.2. The highest BCUT2D eigenvalue weighted by molar-refractivity contribution is 6.30. The van der Waals surface area contributed by atoms with Gasteiger partial charge in [-0.1, -0.05) is 23.7 Å². The van der Waals surface area contributed by atoms with Crippen LogP contribution in [0.15, 0.2) is 53.6 Å². The van der Waals surface area contributed by atoms with Gasteiger partial charge < -0.3 is 0 Å². The number of anilines is 1. The van der Waals surface area contributed by atoms with Crippen LogP contribution in [0.25, 0.3) is 0 Å². The van der Waals surface area contributed by atoms with Gasteiger partial charge in [-0.2, -0.15) is 5.10 Å². The second-order valence-corrected chi connectivity index (χ2v) is 3.87. The summed E-state index contributed by atoms with van der Waals surface area (Å²) >= 11 is 5.83. The molecule has 0 amide bonds. The highest BCUT2D eigenvalue weighted by Crippen LogP contribution is 2.10. The lowest BCUT2D eigenvalue weighted by molar-refractivity contribution is 0.628. The molecule has 2 rings (SSSR count). The van der Waals surface area contributed by atoms with E-state index in [4.69, 9.17) is 11.6 Å². The van der Waals surface area contributed by atoms with Gasteiger partial charge in [0.05, 0.1) is 11.9 Å². The molecule has 0 saturated heterocycles. The molecule has 0 unspecified atom stereocenters. The normalized spacial score (nSPS) is 10.7. The number of benzene rings is 2. The average Bonchev–Trinajstić information content (AvgIpc) is 2.32. The van der Waals surface area contributed by atoms with Gasteiger partial charge in [-0.25, -0.2) is 4.39 Å². The first kappa shape index (κ1) is 11.6. The molecule has 0 aliphatic carbocycles. The maximum atomic E-state index is 12.6. The van der Waals surface area contributed by atoms with Crippen molar-refractivity contribution in [1.29, 1.82) is 0 Å². The van der Waals surface area contributed by atoms with Crippen LogP contribution in [-0.2, 0) is 0 Å². The van der Waals surface area contributed by atoms with Crippen molar-refractivity contribution in [3.8, 4) is 0 Å². The van der Waals surface area contributed by atoms with E-state index in [0.717, 1.165) is 11.3 Å². The number of rotatable bonds is 3. The van der Waals surface area contributed by atoms with E-state index in [1.807, 2.05) is 12.1 Å². The smallest absolute Gasteiger partial charge is 0.123 e. The summed E-state index contributed by atoms with van der Waals surface area (Å²) in [5, 5.41) is 4.69. The molecule has 86 valence electrons. The lowest BCUT2D eigenvalue weighted by Gasteiger charge is -1.99. The number of nitrogens with one attached hydrogen (secondary N) is 1. The number of halogens is 2. The molecule has 0 bridgehead atoms. The monoisotopic (exact) mass is 248 g/mol. The molecule has 0 aliphatic heterocycles. The van der Waals surface area contributed by atoms with Crippen molar-refractivity contribution in [2.75, 3.05) is 5.43 Å². The van der Waals surface area contributed by atoms with Gasteiger partial charge in [0, 0.05) is 5.02 Å². The van der Waals surface area contributed by atoms with E-state index in [9.17, 15) is 4.39 Å². The van der Waals surface area contributed by atoms with Crippen LogP contribution in [0, 0.1) is 5.82 Å². The summed E-state index contributed by atoms with van der Waals surface area (Å²) in [5.74, 6) is -0.269. The molecule has 17 heavy (non-hydrogen) atoms. The molecular formula is C13H10ClFN2. The zero-order valence-corrected chi connectivity index (χ0v) is 9.66. The van der Waals surface area contributed by atoms with E-state index >= 15 is 0 Å². The maximum Gasteiger partial charge on any atom is 0.123 e. The third kappa shape index (κ3) is 3.57. The minimum atomic E-state index is -0.269. The summed E-state index contributed by atoms with van der Waals surface area (Å²) in [6.45, 7) is 0. The first-order valence-electron chi connectivity index (χ1n) is 5.04. The summed E-state index contributed by atoms with van der Waals surface area (Å²) in [6, 6.07) is 13.3. The van der Waals surface area contributed by atoms with Gasteiger partial charge in [-0.3, -0.25) is 5.43 Å². The van der Waals surface area contributed by atoms with Crippen LogP contribution in [0.5, 0.6) is 0 Å². The van der Waals surface area contributed by atoms with Gasteiger partial charge in [-0.15, -0.1) is 0 Å². The second-order valence-electron chi connectivity index (χ2n) is 3.43. The minimum absolute atomic E-state index is 0.269. The number of nitrogens with zero attached hydrogens (tertiary/aromatic N) is 1. The molecule has 0 saturated carbocycles. The third-order valence-electron chi connectivity index (χ3n) is 2.10. The van der Waals surface area contributed by atoms with Crippen molar-refractivity contribution in [2.45, 2.75) is 0 Å². The van der Waals surface area contributed by atoms with Gasteiger partial charge in [0.1, 0.15) is 5.82 Å². The van der Waals surface area contributed by atoms with E-state index in [1.54, 1.807) is 30.5 Å². The molecule has 0 aromatic heterocycles. The first-order chi connectivity index (χ1) is 8.24. The van der Waals surface area contributed by atoms with E-state index in [-0.39, 0.29) is 5.82 Å². The zero-order chi connectivity index (χ0) is 12.1. The fourth-order valence-electron chi connectivity index (χ4n) is 1.29. The second kappa shape index (κ2) is 5.46. The Labute approximate surface area is 104 Å². The Kier molecular flexibility index (Phi) is 3.73. The molecule has 2 aromatic carbocycles. The van der Waals surface area contributed by atoms with Crippen molar-refractivity contribution in [3.05, 3.63) is 64.9 Å². The van der Waals surface area contributed by atoms with Crippen molar-refractivity contribution in [3.63, 3.8) is 0 Å². The van der Waals surface area contributed by atoms with Crippen LogP contribution in [0.3, 0.4) is 0 Å². The average molecular weight is 249 g/mol. The Hall–Kier alpha value is -1.87. The SMILES string of the molecule is Fc1ccc(N/N=C\c2cccc(Cl)c2)cc1. The highest BCUT2D eigenvalue weighted by Gasteiger charge is 1.91. The molecule has 0 aliphatic rings. The summed E-state index contributed by atoms with van der Waals surface area (Å²) in [4.78, 5) is 0. The molecule has 4 heteroatoms. The topological polar surface area (TPSA) is 24.4 Å². The van der Waals surface area contributed by atoms with Crippen molar-refractivity contribution in [2.24, 2.45) is 5.10 Å². The van der Waals surface area contributed by atoms with Gasteiger partial charge in [0.2, 0.25) is 0 Å². The van der Waals surface area contributed by atoms with Crippen LogP contribution < -0.4 is 5.43 Å². The molecule has 0 heterocycles. The van der Waals surface area contributed by atoms with Gasteiger partial charge in [0.25, 0.3) is 0 Å². The Morgan fingerprint density at radius 1 is 1.12 bits per heavy atom. The molecular weight excluding hydrogens is 239 g/mol. The Morgan fingerprint density at radius 3 is 2.59 bits per heavy atom. The number of hydrogen-bond acceptors (Lipinski definition) is 2. The molecule has 0 spiro atoms. The van der Waals surface area contributed by atoms with E-state index in [0.29, 0.717) is 5.02 Å². The van der Waals surface area contributed by atoms with Crippen molar-refractivity contribution < 1.29 is 4.39 Å². The summed E-state index contributed by atoms with van der Waals surface area (Å²) in [5.41, 5.74) is 4.42. The van der Waals surface area contributed by atoms with Crippen LogP contribution in [0.2, 0.25) is 5.02 Å². The fourth-order valence-corrected chi connectivity index (χ4v) is 1.49. The third-order valence-corrected chi connectivity index (χ3v) is 2.34. The van der Waals surface area contributed by atoms with Crippen molar-refractivity contribution >= 4 is 23.5 Å². The first-order valence-corrected chi connectivity index (χ1v) is 5.42. The van der Waals surface area contributed by atoms with Gasteiger partial charge in [-0.05, 0) is 42.0 Å². The molecule has 2 aromatic rings. The largest absolute Gasteiger partial charge is 0.279 e. The number of hydrazone groups is 1. The molecule has 1 N–H and O–H groups in total. The summed E-state index contributed by atoms with van der Waals surface area (Å²) in [7, 11) is 0. The van der Waals surface area contributed by atoms with Gasteiger partial charge >= 0.3 is 0 Å². The summed E-state index contributed by atoms with van der Waals surface area (Å²) < 4.78 is 12.6. The highest BCUT2D eigenvalue weighted by atomic mass is 35.5. The molecule has 2 nitrogen and oxygen atoms in total. The summed E-state index contributed by atoms with van der Waals surface area (Å²) in [6.07, 6.45) is 1.65. The quantitative estimate of drug-likeness (QED) is 0.646.